The molecule has 0 bridgehead atoms. The highest BCUT2D eigenvalue weighted by Crippen LogP contribution is 2.30. The molecule has 0 unspecified atom stereocenters. The van der Waals surface area contributed by atoms with E-state index in [0.717, 1.165) is 0 Å². The van der Waals surface area contributed by atoms with E-state index >= 15 is 0 Å². The summed E-state index contributed by atoms with van der Waals surface area (Å²) in [4.78, 5) is 33.0. The molecule has 0 radical (unpaired) electrons. The lowest BCUT2D eigenvalue weighted by Crippen LogP contribution is -2.25. The van der Waals surface area contributed by atoms with E-state index in [0.29, 0.717) is 5.56 Å². The first kappa shape index (κ1) is 27.1. The van der Waals surface area contributed by atoms with Gasteiger partial charge in [-0.1, -0.05) is 0 Å². The van der Waals surface area contributed by atoms with Crippen molar-refractivity contribution < 1.29 is 4.42 Å². The van der Waals surface area contributed by atoms with Crippen molar-refractivity contribution in [1.82, 2.24) is 19.9 Å². The van der Waals surface area contributed by atoms with Crippen molar-refractivity contribution in [3.8, 4) is 64.8 Å². The highest BCUT2D eigenvalue weighted by atomic mass is 16.3. The summed E-state index contributed by atoms with van der Waals surface area (Å²) >= 11 is 0. The number of nitriles is 5. The molecule has 202 valence electrons. The van der Waals surface area contributed by atoms with Crippen LogP contribution in [0.15, 0.2) is 68.4 Å². The molecule has 0 fully saturated rings. The monoisotopic (exact) mass is 577 g/mol. The van der Waals surface area contributed by atoms with Gasteiger partial charge in [-0.15, -0.1) is 0 Å². The third-order valence-electron chi connectivity index (χ3n) is 6.41. The summed E-state index contributed by atoms with van der Waals surface area (Å²) in [6, 6.07) is 19.9. The fourth-order valence-corrected chi connectivity index (χ4v) is 4.40. The van der Waals surface area contributed by atoms with Gasteiger partial charge in [0.15, 0.2) is 28.7 Å². The molecule has 3 heterocycles. The maximum absolute atomic E-state index is 10.2. The Bertz CT molecular complexity index is 2540. The highest BCUT2D eigenvalue weighted by molar-refractivity contribution is 5.80. The Balaban J connectivity index is 1.64. The smallest absolute Gasteiger partial charge is 0.305 e. The first-order valence-electron chi connectivity index (χ1n) is 12.4. The van der Waals surface area contributed by atoms with E-state index in [1.54, 1.807) is 6.07 Å². The third kappa shape index (κ3) is 4.58. The summed E-state index contributed by atoms with van der Waals surface area (Å²) in [6.45, 7) is 14.7. The van der Waals surface area contributed by atoms with E-state index in [9.17, 15) is 26.3 Å². The van der Waals surface area contributed by atoms with Gasteiger partial charge in [-0.25, -0.2) is 44.9 Å². The number of allylic oxidation sites excluding steroid dienone is 1. The molecular formula is C31H7N13O. The molecule has 0 atom stereocenters. The van der Waals surface area contributed by atoms with Gasteiger partial charge >= 0.3 is 5.70 Å². The van der Waals surface area contributed by atoms with Gasteiger partial charge in [0.25, 0.3) is 5.89 Å². The van der Waals surface area contributed by atoms with Crippen molar-refractivity contribution in [3.05, 3.63) is 110 Å². The number of aromatic nitrogens is 4. The minimum Gasteiger partial charge on any atom is -0.433 e. The zero-order chi connectivity index (χ0) is 31.7. The quantitative estimate of drug-likeness (QED) is 0.222. The number of hydrogen-bond acceptors (Lipinski definition) is 12. The first-order chi connectivity index (χ1) is 21.9. The van der Waals surface area contributed by atoms with Crippen LogP contribution in [0.4, 0.5) is 5.69 Å². The molecule has 1 aliphatic heterocycles. The lowest BCUT2D eigenvalue weighted by Gasteiger charge is -2.08. The van der Waals surface area contributed by atoms with E-state index in [1.807, 2.05) is 18.2 Å². The lowest BCUT2D eigenvalue weighted by atomic mass is 10.1. The molecule has 14 heteroatoms. The Kier molecular flexibility index (Phi) is 6.45. The van der Waals surface area contributed by atoms with Crippen LogP contribution in [-0.2, 0) is 0 Å². The number of hydrogen-bond donors (Lipinski definition) is 0. The van der Waals surface area contributed by atoms with Gasteiger partial charge < -0.3 is 4.42 Å². The number of benzene rings is 3. The van der Waals surface area contributed by atoms with Gasteiger partial charge in [-0.05, 0) is 36.4 Å². The molecule has 1 aliphatic rings. The second-order valence-corrected chi connectivity index (χ2v) is 8.99. The minimum absolute atomic E-state index is 0.000803. The Labute approximate surface area is 252 Å². The molecule has 0 spiro atoms. The molecule has 6 rings (SSSR count). The fourth-order valence-electron chi connectivity index (χ4n) is 4.40. The molecule has 0 N–H and O–H groups in total. The Morgan fingerprint density at radius 2 is 1.51 bits per heavy atom. The van der Waals surface area contributed by atoms with Gasteiger partial charge in [-0.2, -0.15) is 21.0 Å². The molecule has 14 nitrogen and oxygen atoms in total. The van der Waals surface area contributed by atoms with Crippen LogP contribution >= 0.6 is 0 Å². The predicted octanol–water partition coefficient (Wildman–Crippen LogP) is 3.92. The molecule has 0 aliphatic carbocycles. The second kappa shape index (κ2) is 10.7. The number of oxazole rings is 1. The van der Waals surface area contributed by atoms with Crippen molar-refractivity contribution in [2.75, 3.05) is 0 Å². The van der Waals surface area contributed by atoms with Crippen LogP contribution < -0.4 is 10.7 Å². The summed E-state index contributed by atoms with van der Waals surface area (Å²) in [5.41, 5.74) is 1.11. The van der Waals surface area contributed by atoms with E-state index in [2.05, 4.69) is 45.7 Å². The zero-order valence-electron chi connectivity index (χ0n) is 22.3. The molecule has 0 saturated heterocycles. The van der Waals surface area contributed by atoms with E-state index in [1.165, 1.54) is 42.5 Å². The fraction of sp³-hybridized carbons (Fsp3) is 0. The Morgan fingerprint density at radius 3 is 2.20 bits per heavy atom. The number of rotatable bonds is 3. The summed E-state index contributed by atoms with van der Waals surface area (Å²) in [7, 11) is 0. The zero-order valence-corrected chi connectivity index (χ0v) is 22.3. The standard InChI is InChI=1S/C31H7N13O/c1-37-19-6-15(10-32)5-16(7-19)27-42-28(20-3-4-22-26(21(20)13-35)41-29(39-22)24(14-36)38-2)44-30(43-27)31-40-23-8-17(11-33)18(12-34)9-25(23)45-31/h3-9H/b29-24+. The topological polar surface area (TPSA) is 217 Å². The minimum atomic E-state index is -0.343. The molecule has 5 aromatic rings. The van der Waals surface area contributed by atoms with Gasteiger partial charge in [0, 0.05) is 22.8 Å². The van der Waals surface area contributed by atoms with Crippen molar-refractivity contribution >= 4 is 16.8 Å². The van der Waals surface area contributed by atoms with Crippen molar-refractivity contribution in [3.63, 3.8) is 0 Å². The first-order valence-corrected chi connectivity index (χ1v) is 12.4. The largest absolute Gasteiger partial charge is 0.433 e. The van der Waals surface area contributed by atoms with E-state index in [-0.39, 0.29) is 90.2 Å². The van der Waals surface area contributed by atoms with Crippen molar-refractivity contribution in [2.45, 2.75) is 0 Å². The average molecular weight is 577 g/mol. The molecule has 3 aromatic carbocycles. The lowest BCUT2D eigenvalue weighted by molar-refractivity contribution is 0.612. The summed E-state index contributed by atoms with van der Waals surface area (Å²) in [6.07, 6.45) is 0. The molecular weight excluding hydrogens is 570 g/mol. The van der Waals surface area contributed by atoms with Gasteiger partial charge in [0.1, 0.15) is 29.1 Å². The molecule has 2 aromatic heterocycles. The van der Waals surface area contributed by atoms with Crippen LogP contribution in [0.25, 0.3) is 55.3 Å². The van der Waals surface area contributed by atoms with Crippen LogP contribution in [0.5, 0.6) is 0 Å². The summed E-state index contributed by atoms with van der Waals surface area (Å²) in [5, 5.41) is 48.2. The van der Waals surface area contributed by atoms with Crippen LogP contribution in [0.1, 0.15) is 22.3 Å². The normalized spacial score (nSPS) is 12.0. The summed E-state index contributed by atoms with van der Waals surface area (Å²) in [5.74, 6) is -0.344. The number of fused-ring (bicyclic) bond motifs is 2. The number of nitrogens with zero attached hydrogens (tertiary/aromatic N) is 13. The SMILES string of the molecule is [C-]#[N+]/C(C#N)=C1\N=c2ccc(-c3nc(-c4cc(C#N)cc([N+]#[C-])c4)nc(-c4nc5cc(C#N)c(C#N)cc5o4)n3)c(C#N)c2=N1. The van der Waals surface area contributed by atoms with Gasteiger partial charge in [-0.3, -0.25) is 0 Å². The molecule has 0 saturated carbocycles. The highest BCUT2D eigenvalue weighted by Gasteiger charge is 2.22. The Hall–Kier alpha value is -8.09. The maximum atomic E-state index is 10.2. The van der Waals surface area contributed by atoms with Crippen LogP contribution in [0.3, 0.4) is 0 Å². The summed E-state index contributed by atoms with van der Waals surface area (Å²) < 4.78 is 5.87. The predicted molar refractivity (Wildman–Crippen MR) is 150 cm³/mol. The van der Waals surface area contributed by atoms with Crippen molar-refractivity contribution in [2.24, 2.45) is 9.98 Å². The molecule has 0 amide bonds. The van der Waals surface area contributed by atoms with Crippen molar-refractivity contribution in [1.29, 1.82) is 26.3 Å². The van der Waals surface area contributed by atoms with Gasteiger partial charge in [0.2, 0.25) is 5.82 Å². The maximum Gasteiger partial charge on any atom is 0.305 e. The third-order valence-corrected chi connectivity index (χ3v) is 6.41. The van der Waals surface area contributed by atoms with Crippen LogP contribution in [-0.4, -0.2) is 19.9 Å². The van der Waals surface area contributed by atoms with Crippen LogP contribution in [0.2, 0.25) is 0 Å². The van der Waals surface area contributed by atoms with Crippen LogP contribution in [0, 0.1) is 69.8 Å². The average Bonchev–Trinajstić information content (AvgIpc) is 3.71. The van der Waals surface area contributed by atoms with E-state index < -0.39 is 0 Å². The molecule has 45 heavy (non-hydrogen) atoms. The van der Waals surface area contributed by atoms with Gasteiger partial charge in [0.05, 0.1) is 47.3 Å². The second-order valence-electron chi connectivity index (χ2n) is 8.99. The Morgan fingerprint density at radius 1 is 0.756 bits per heavy atom. The van der Waals surface area contributed by atoms with E-state index in [4.69, 9.17) is 17.6 Å².